The fourth-order valence-electron chi connectivity index (χ4n) is 7.34. The zero-order chi connectivity index (χ0) is 35.7. The zero-order valence-electron chi connectivity index (χ0n) is 27.0. The molecule has 14 heteroatoms. The molecule has 2 aliphatic heterocycles. The molecule has 3 N–H and O–H groups in total. The smallest absolute Gasteiger partial charge is 0.338 e. The third kappa shape index (κ3) is 6.07. The van der Waals surface area contributed by atoms with Crippen LogP contribution in [-0.2, 0) is 28.2 Å². The monoisotopic (exact) mass is 722 g/mol. The molecule has 0 aliphatic carbocycles. The van der Waals surface area contributed by atoms with Gasteiger partial charge < -0.3 is 25.2 Å². The molecule has 4 aromatic carbocycles. The number of carbonyl (C=O) groups is 2. The second-order valence-corrected chi connectivity index (χ2v) is 12.8. The Morgan fingerprint density at radius 1 is 1.12 bits per heavy atom. The molecule has 1 spiro atoms. The van der Waals surface area contributed by atoms with Crippen LogP contribution < -0.4 is 15.4 Å². The number of rotatable bonds is 11. The van der Waals surface area contributed by atoms with Gasteiger partial charge in [0.15, 0.2) is 0 Å². The molecular formula is C36H33Cl2FN4O7. The number of fused-ring (bicyclic) bond motifs is 2. The van der Waals surface area contributed by atoms with Gasteiger partial charge in [-0.2, -0.15) is 0 Å². The highest BCUT2D eigenvalue weighted by atomic mass is 35.5. The summed E-state index contributed by atoms with van der Waals surface area (Å²) in [6.45, 7) is 1.79. The molecule has 6 rings (SSSR count). The van der Waals surface area contributed by atoms with E-state index in [1.165, 1.54) is 25.3 Å². The predicted molar refractivity (Wildman–Crippen MR) is 185 cm³/mol. The topological polar surface area (TPSA) is 143 Å². The van der Waals surface area contributed by atoms with Gasteiger partial charge in [-0.25, -0.2) is 9.18 Å². The molecule has 11 nitrogen and oxygen atoms in total. The van der Waals surface area contributed by atoms with Crippen molar-refractivity contribution in [1.29, 1.82) is 0 Å². The fourth-order valence-corrected chi connectivity index (χ4v) is 7.70. The quantitative estimate of drug-likeness (QED) is 0.0938. The summed E-state index contributed by atoms with van der Waals surface area (Å²) in [7, 11) is 1.17. The van der Waals surface area contributed by atoms with Crippen molar-refractivity contribution in [3.8, 4) is 5.75 Å². The Bertz CT molecular complexity index is 1980. The van der Waals surface area contributed by atoms with Crippen molar-refractivity contribution >= 4 is 46.5 Å². The third-order valence-corrected chi connectivity index (χ3v) is 9.89. The molecule has 2 aliphatic rings. The highest BCUT2D eigenvalue weighted by molar-refractivity contribution is 6.31. The van der Waals surface area contributed by atoms with Crippen LogP contribution in [-0.4, -0.2) is 59.2 Å². The van der Waals surface area contributed by atoms with Gasteiger partial charge in [-0.1, -0.05) is 59.6 Å². The first-order valence-electron chi connectivity index (χ1n) is 15.8. The van der Waals surface area contributed by atoms with Crippen molar-refractivity contribution in [3.05, 3.63) is 133 Å². The van der Waals surface area contributed by atoms with Crippen LogP contribution in [0.2, 0.25) is 10.0 Å². The largest absolute Gasteiger partial charge is 0.494 e. The van der Waals surface area contributed by atoms with E-state index >= 15 is 4.39 Å². The number of likely N-dealkylation sites (tertiary alicyclic amines) is 1. The number of esters is 1. The van der Waals surface area contributed by atoms with E-state index in [1.54, 1.807) is 30.3 Å². The number of hydrogen-bond acceptors (Lipinski definition) is 9. The van der Waals surface area contributed by atoms with Gasteiger partial charge >= 0.3 is 5.97 Å². The molecule has 0 bridgehead atoms. The fraction of sp³-hybridized carbons (Fsp3) is 0.278. The van der Waals surface area contributed by atoms with E-state index in [0.717, 1.165) is 11.6 Å². The van der Waals surface area contributed by atoms with Gasteiger partial charge in [-0.05, 0) is 54.4 Å². The summed E-state index contributed by atoms with van der Waals surface area (Å²) in [4.78, 5) is 40.2. The maximum absolute atomic E-state index is 16.3. The lowest BCUT2D eigenvalue weighted by Gasteiger charge is -2.39. The van der Waals surface area contributed by atoms with Gasteiger partial charge in [0.05, 0.1) is 41.9 Å². The average Bonchev–Trinajstić information content (AvgIpc) is 3.54. The lowest BCUT2D eigenvalue weighted by Crippen LogP contribution is -2.52. The number of nitrogens with zero attached hydrogens (tertiary/aromatic N) is 2. The van der Waals surface area contributed by atoms with E-state index in [4.69, 9.17) is 32.7 Å². The van der Waals surface area contributed by atoms with Crippen molar-refractivity contribution in [3.63, 3.8) is 0 Å². The molecular weight excluding hydrogens is 690 g/mol. The maximum atomic E-state index is 16.3. The van der Waals surface area contributed by atoms with Gasteiger partial charge in [-0.15, -0.1) is 0 Å². The van der Waals surface area contributed by atoms with Crippen molar-refractivity contribution in [2.24, 2.45) is 0 Å². The van der Waals surface area contributed by atoms with Crippen molar-refractivity contribution in [2.45, 2.75) is 43.6 Å². The summed E-state index contributed by atoms with van der Waals surface area (Å²) in [5, 5.41) is 29.8. The Hall–Kier alpha value is -4.59. The minimum Gasteiger partial charge on any atom is -0.494 e. The van der Waals surface area contributed by atoms with Crippen LogP contribution in [0.15, 0.2) is 78.9 Å². The Kier molecular flexibility index (Phi) is 10.1. The summed E-state index contributed by atoms with van der Waals surface area (Å²) in [6, 6.07) is 19.0. The van der Waals surface area contributed by atoms with E-state index in [1.807, 2.05) is 36.1 Å². The number of nitro benzene ring substituents is 1. The second-order valence-electron chi connectivity index (χ2n) is 12.0. The molecule has 2 heterocycles. The van der Waals surface area contributed by atoms with E-state index < -0.39 is 52.8 Å². The summed E-state index contributed by atoms with van der Waals surface area (Å²) < 4.78 is 26.8. The number of aliphatic hydroxyl groups excluding tert-OH is 1. The first-order valence-corrected chi connectivity index (χ1v) is 16.5. The Balaban J connectivity index is 1.55. The normalized spacial score (nSPS) is 21.2. The van der Waals surface area contributed by atoms with Crippen LogP contribution in [0.25, 0.3) is 0 Å². The van der Waals surface area contributed by atoms with Gasteiger partial charge in [0.2, 0.25) is 5.91 Å². The minimum absolute atomic E-state index is 0.00627. The number of aliphatic hydroxyl groups is 1. The van der Waals surface area contributed by atoms with Gasteiger partial charge in [0.1, 0.15) is 17.1 Å². The van der Waals surface area contributed by atoms with Gasteiger partial charge in [0, 0.05) is 53.0 Å². The molecule has 260 valence electrons. The molecule has 1 unspecified atom stereocenters. The number of benzene rings is 4. The highest BCUT2D eigenvalue weighted by Crippen LogP contribution is 2.58. The van der Waals surface area contributed by atoms with Gasteiger partial charge in [-0.3, -0.25) is 19.8 Å². The van der Waals surface area contributed by atoms with E-state index in [9.17, 15) is 24.8 Å². The van der Waals surface area contributed by atoms with Crippen LogP contribution in [0.4, 0.5) is 15.8 Å². The standard InChI is InChI=1S/C36H33Cl2FN4O7/c1-3-50-24-7-4-6-20(14-24)18-42-30(19-44)33(40-17-22-11-10-21(34(45)49-2)15-29(22)43(47)48)31(25-8-5-9-27(38)32(25)39)36(42)26-13-12-23(37)16-28(26)41-35(36)46/h4-16,30-31,33,40,44H,3,17-19H2,1-2H3,(H,41,46)/t30-,31?,33+,36+/m1/s1. The number of hydrogen-bond donors (Lipinski definition) is 3. The highest BCUT2D eigenvalue weighted by Gasteiger charge is 2.67. The van der Waals surface area contributed by atoms with Crippen LogP contribution in [0, 0.1) is 15.9 Å². The number of nitrogens with one attached hydrogen (secondary N) is 2. The Labute approximate surface area is 297 Å². The van der Waals surface area contributed by atoms with Crippen LogP contribution >= 0.6 is 23.2 Å². The molecule has 1 saturated heterocycles. The van der Waals surface area contributed by atoms with Crippen LogP contribution in [0.3, 0.4) is 0 Å². The Morgan fingerprint density at radius 2 is 1.90 bits per heavy atom. The molecule has 0 aromatic heterocycles. The third-order valence-electron chi connectivity index (χ3n) is 9.36. The van der Waals surface area contributed by atoms with E-state index in [-0.39, 0.29) is 40.5 Å². The molecule has 50 heavy (non-hydrogen) atoms. The summed E-state index contributed by atoms with van der Waals surface area (Å²) in [5.74, 6) is -2.39. The Morgan fingerprint density at radius 3 is 2.62 bits per heavy atom. The summed E-state index contributed by atoms with van der Waals surface area (Å²) in [6.07, 6.45) is 0. The number of amides is 1. The number of nitro groups is 1. The summed E-state index contributed by atoms with van der Waals surface area (Å²) >= 11 is 12.7. The number of ether oxygens (including phenoxy) is 2. The number of methoxy groups -OCH3 is 1. The molecule has 4 aromatic rings. The van der Waals surface area contributed by atoms with Crippen molar-refractivity contribution in [2.75, 3.05) is 25.6 Å². The lowest BCUT2D eigenvalue weighted by atomic mass is 9.73. The van der Waals surface area contributed by atoms with Gasteiger partial charge in [0.25, 0.3) is 5.69 Å². The lowest BCUT2D eigenvalue weighted by molar-refractivity contribution is -0.385. The summed E-state index contributed by atoms with van der Waals surface area (Å²) in [5.41, 5.74) is 0.0261. The molecule has 1 amide bonds. The molecule has 1 fully saturated rings. The predicted octanol–water partition coefficient (Wildman–Crippen LogP) is 6.19. The molecule has 0 radical (unpaired) electrons. The van der Waals surface area contributed by atoms with E-state index in [2.05, 4.69) is 10.6 Å². The van der Waals surface area contributed by atoms with Crippen molar-refractivity contribution < 1.29 is 33.5 Å². The number of anilines is 1. The SMILES string of the molecule is CCOc1cccc(CN2[C@H](CO)[C@H](NCc3ccc(C(=O)OC)cc3[N+](=O)[O-])C(c3cccc(Cl)c3F)[C@@]23C(=O)Nc2cc(Cl)ccc23)c1. The minimum atomic E-state index is -1.63. The van der Waals surface area contributed by atoms with Crippen LogP contribution in [0.5, 0.6) is 5.75 Å². The number of halogens is 3. The first-order chi connectivity index (χ1) is 24.0. The maximum Gasteiger partial charge on any atom is 0.338 e. The molecule has 4 atom stereocenters. The molecule has 0 saturated carbocycles. The van der Waals surface area contributed by atoms with Crippen molar-refractivity contribution in [1.82, 2.24) is 10.2 Å². The number of carbonyl (C=O) groups excluding carboxylic acids is 2. The first kappa shape index (κ1) is 35.2. The zero-order valence-corrected chi connectivity index (χ0v) is 28.5. The van der Waals surface area contributed by atoms with Crippen LogP contribution in [0.1, 0.15) is 45.5 Å². The second kappa shape index (κ2) is 14.3. The van der Waals surface area contributed by atoms with E-state index in [0.29, 0.717) is 28.6 Å². The average molecular weight is 724 g/mol.